The summed E-state index contributed by atoms with van der Waals surface area (Å²) in [6.45, 7) is 5.11. The molecule has 1 aromatic heterocycles. The second kappa shape index (κ2) is 12.8. The van der Waals surface area contributed by atoms with Crippen LogP contribution in [0.25, 0.3) is 0 Å². The minimum Gasteiger partial charge on any atom is -0.475 e. The second-order valence-corrected chi connectivity index (χ2v) is 7.16. The third kappa shape index (κ3) is 8.22. The normalized spacial score (nSPS) is 11.1. The highest BCUT2D eigenvalue weighted by Gasteiger charge is 2.06. The first kappa shape index (κ1) is 24.5. The summed E-state index contributed by atoms with van der Waals surface area (Å²) in [6, 6.07) is 8.74. The Bertz CT molecular complexity index is 756. The molecule has 154 valence electrons. The van der Waals surface area contributed by atoms with E-state index < -0.39 is 0 Å². The summed E-state index contributed by atoms with van der Waals surface area (Å²) in [6.07, 6.45) is 3.90. The van der Waals surface area contributed by atoms with E-state index in [2.05, 4.69) is 20.6 Å². The molecule has 28 heavy (non-hydrogen) atoms. The number of aliphatic imine (C=N–C) groups is 1. The molecule has 2 aromatic rings. The fourth-order valence-corrected chi connectivity index (χ4v) is 3.05. The monoisotopic (exact) mass is 518 g/mol. The molecule has 0 unspecified atom stereocenters. The van der Waals surface area contributed by atoms with Crippen molar-refractivity contribution in [3.05, 3.63) is 59.0 Å². The summed E-state index contributed by atoms with van der Waals surface area (Å²) in [7, 11) is 1.72. The molecular weight excluding hydrogens is 490 g/mol. The predicted molar refractivity (Wildman–Crippen MR) is 126 cm³/mol. The van der Waals surface area contributed by atoms with Crippen molar-refractivity contribution < 1.29 is 9.13 Å². The third-order valence-corrected chi connectivity index (χ3v) is 4.35. The van der Waals surface area contributed by atoms with Crippen molar-refractivity contribution in [3.8, 4) is 5.88 Å². The summed E-state index contributed by atoms with van der Waals surface area (Å²) in [4.78, 5) is 8.53. The molecule has 0 saturated carbocycles. The molecule has 0 fully saturated rings. The van der Waals surface area contributed by atoms with Crippen LogP contribution in [0.2, 0.25) is 0 Å². The number of pyridine rings is 1. The molecule has 2 N–H and O–H groups in total. The second-order valence-electron chi connectivity index (χ2n) is 6.30. The number of nitrogens with one attached hydrogen (secondary N) is 2. The Kier molecular flexibility index (Phi) is 11.2. The number of halogens is 2. The molecule has 0 atom stereocenters. The minimum absolute atomic E-state index is 0. The maximum atomic E-state index is 13.5. The summed E-state index contributed by atoms with van der Waals surface area (Å²) in [5.41, 5.74) is 3.08. The first-order valence-electron chi connectivity index (χ1n) is 8.84. The molecule has 5 nitrogen and oxygen atoms in total. The van der Waals surface area contributed by atoms with Crippen LogP contribution >= 0.6 is 35.7 Å². The summed E-state index contributed by atoms with van der Waals surface area (Å²) >= 11 is 1.67. The van der Waals surface area contributed by atoms with Crippen molar-refractivity contribution in [1.29, 1.82) is 0 Å². The number of nitrogens with zero attached hydrogens (tertiary/aromatic N) is 2. The standard InChI is InChI=1S/C20H27FN4OS.HI/c1-14(2)26-19-8-5-15(10-23-19)11-24-20(22-3)25-12-16-6-7-18(21)9-17(16)13-27-4;/h5-10,14H,11-13H2,1-4H3,(H2,22,24,25);1H. The van der Waals surface area contributed by atoms with Crippen LogP contribution in [-0.4, -0.2) is 30.4 Å². The van der Waals surface area contributed by atoms with E-state index in [0.717, 1.165) is 22.4 Å². The zero-order chi connectivity index (χ0) is 19.6. The molecule has 1 heterocycles. The van der Waals surface area contributed by atoms with E-state index in [1.165, 1.54) is 6.07 Å². The van der Waals surface area contributed by atoms with Gasteiger partial charge in [0.2, 0.25) is 5.88 Å². The molecule has 0 spiro atoms. The van der Waals surface area contributed by atoms with Gasteiger partial charge >= 0.3 is 0 Å². The van der Waals surface area contributed by atoms with E-state index in [9.17, 15) is 4.39 Å². The number of ether oxygens (including phenoxy) is 1. The number of aromatic nitrogens is 1. The Morgan fingerprint density at radius 2 is 1.93 bits per heavy atom. The van der Waals surface area contributed by atoms with Crippen LogP contribution in [-0.2, 0) is 18.8 Å². The summed E-state index contributed by atoms with van der Waals surface area (Å²) in [5.74, 6) is 1.87. The molecule has 0 aliphatic heterocycles. The molecule has 0 aliphatic carbocycles. The molecule has 0 amide bonds. The SMILES string of the molecule is CN=C(NCc1ccc(OC(C)C)nc1)NCc1ccc(F)cc1CSC.I. The van der Waals surface area contributed by atoms with Gasteiger partial charge in [-0.05, 0) is 48.9 Å². The highest BCUT2D eigenvalue weighted by atomic mass is 127. The van der Waals surface area contributed by atoms with Crippen LogP contribution < -0.4 is 15.4 Å². The van der Waals surface area contributed by atoms with Gasteiger partial charge in [0.1, 0.15) is 5.82 Å². The first-order chi connectivity index (χ1) is 13.0. The molecule has 2 rings (SSSR count). The van der Waals surface area contributed by atoms with E-state index in [4.69, 9.17) is 4.74 Å². The lowest BCUT2D eigenvalue weighted by Gasteiger charge is -2.14. The lowest BCUT2D eigenvalue weighted by atomic mass is 10.1. The lowest BCUT2D eigenvalue weighted by Crippen LogP contribution is -2.36. The van der Waals surface area contributed by atoms with Crippen molar-refractivity contribution in [3.63, 3.8) is 0 Å². The number of hydrogen-bond acceptors (Lipinski definition) is 4. The van der Waals surface area contributed by atoms with Gasteiger partial charge < -0.3 is 15.4 Å². The highest BCUT2D eigenvalue weighted by Crippen LogP contribution is 2.16. The number of thioether (sulfide) groups is 1. The average molecular weight is 518 g/mol. The number of rotatable bonds is 8. The van der Waals surface area contributed by atoms with Crippen LogP contribution in [0.4, 0.5) is 4.39 Å². The fraction of sp³-hybridized carbons (Fsp3) is 0.400. The van der Waals surface area contributed by atoms with Gasteiger partial charge in [0.25, 0.3) is 0 Å². The smallest absolute Gasteiger partial charge is 0.213 e. The molecule has 0 radical (unpaired) electrons. The maximum absolute atomic E-state index is 13.5. The van der Waals surface area contributed by atoms with Gasteiger partial charge in [-0.15, -0.1) is 24.0 Å². The molecule has 0 saturated heterocycles. The zero-order valence-corrected chi connectivity index (χ0v) is 19.8. The van der Waals surface area contributed by atoms with Crippen LogP contribution in [0.3, 0.4) is 0 Å². The van der Waals surface area contributed by atoms with Crippen molar-refractivity contribution in [2.24, 2.45) is 4.99 Å². The molecule has 1 aromatic carbocycles. The minimum atomic E-state index is -0.206. The van der Waals surface area contributed by atoms with E-state index in [-0.39, 0.29) is 35.9 Å². The third-order valence-electron chi connectivity index (χ3n) is 3.75. The molecule has 0 aliphatic rings. The molecule has 8 heteroatoms. The Hall–Kier alpha value is -1.55. The van der Waals surface area contributed by atoms with E-state index in [1.807, 2.05) is 38.3 Å². The van der Waals surface area contributed by atoms with Gasteiger partial charge in [-0.1, -0.05) is 12.1 Å². The number of hydrogen-bond donors (Lipinski definition) is 2. The summed E-state index contributed by atoms with van der Waals surface area (Å²) in [5, 5.41) is 6.53. The quantitative estimate of drug-likeness (QED) is 0.309. The molecule has 0 bridgehead atoms. The van der Waals surface area contributed by atoms with Crippen LogP contribution in [0.1, 0.15) is 30.5 Å². The average Bonchev–Trinajstić information content (AvgIpc) is 2.64. The van der Waals surface area contributed by atoms with E-state index >= 15 is 0 Å². The van der Waals surface area contributed by atoms with E-state index in [0.29, 0.717) is 24.9 Å². The van der Waals surface area contributed by atoms with Gasteiger partial charge in [0.05, 0.1) is 6.10 Å². The van der Waals surface area contributed by atoms with Crippen molar-refractivity contribution in [2.75, 3.05) is 13.3 Å². The Balaban J connectivity index is 0.00000392. The predicted octanol–water partition coefficient (Wildman–Crippen LogP) is 4.35. The molecular formula is C20H28FIN4OS. The van der Waals surface area contributed by atoms with Gasteiger partial charge in [0.15, 0.2) is 5.96 Å². The van der Waals surface area contributed by atoms with Crippen molar-refractivity contribution >= 4 is 41.7 Å². The topological polar surface area (TPSA) is 58.5 Å². The lowest BCUT2D eigenvalue weighted by molar-refractivity contribution is 0.232. The zero-order valence-electron chi connectivity index (χ0n) is 16.7. The van der Waals surface area contributed by atoms with Crippen molar-refractivity contribution in [2.45, 2.75) is 38.8 Å². The maximum Gasteiger partial charge on any atom is 0.213 e. The Morgan fingerprint density at radius 3 is 2.54 bits per heavy atom. The van der Waals surface area contributed by atoms with Gasteiger partial charge in [0, 0.05) is 38.2 Å². The number of benzene rings is 1. The largest absolute Gasteiger partial charge is 0.475 e. The van der Waals surface area contributed by atoms with Crippen LogP contribution in [0.5, 0.6) is 5.88 Å². The number of guanidine groups is 1. The van der Waals surface area contributed by atoms with Crippen LogP contribution in [0, 0.1) is 5.82 Å². The van der Waals surface area contributed by atoms with Crippen molar-refractivity contribution in [1.82, 2.24) is 15.6 Å². The Morgan fingerprint density at radius 1 is 1.18 bits per heavy atom. The van der Waals surface area contributed by atoms with Gasteiger partial charge in [-0.25, -0.2) is 9.37 Å². The highest BCUT2D eigenvalue weighted by molar-refractivity contribution is 14.0. The Labute approximate surface area is 188 Å². The van der Waals surface area contributed by atoms with Gasteiger partial charge in [-0.2, -0.15) is 11.8 Å². The van der Waals surface area contributed by atoms with Gasteiger partial charge in [-0.3, -0.25) is 4.99 Å². The fourth-order valence-electron chi connectivity index (χ4n) is 2.47. The van der Waals surface area contributed by atoms with Crippen LogP contribution in [0.15, 0.2) is 41.5 Å². The first-order valence-corrected chi connectivity index (χ1v) is 10.2. The summed E-state index contributed by atoms with van der Waals surface area (Å²) < 4.78 is 19.0. The van der Waals surface area contributed by atoms with E-state index in [1.54, 1.807) is 31.1 Å².